The predicted molar refractivity (Wildman–Crippen MR) is 95.8 cm³/mol. The quantitative estimate of drug-likeness (QED) is 0.368. The summed E-state index contributed by atoms with van der Waals surface area (Å²) in [4.78, 5) is 0. The molecule has 0 aliphatic carbocycles. The largest absolute Gasteiger partial charge is 0.494 e. The maximum Gasteiger partial charge on any atom is 0.119 e. The molecule has 1 nitrogen and oxygen atoms in total. The van der Waals surface area contributed by atoms with Crippen molar-refractivity contribution in [3.05, 3.63) is 54.6 Å². The molecule has 2 rings (SSSR count). The molecule has 0 aliphatic rings. The number of rotatable bonds is 10. The van der Waals surface area contributed by atoms with Gasteiger partial charge in [-0.05, 0) is 36.1 Å². The lowest BCUT2D eigenvalue weighted by Crippen LogP contribution is -1.97. The van der Waals surface area contributed by atoms with Crippen molar-refractivity contribution < 1.29 is 4.74 Å². The van der Waals surface area contributed by atoms with Crippen LogP contribution in [0.4, 0.5) is 0 Å². The fraction of sp³-hybridized carbons (Fsp3) is 0.400. The second kappa shape index (κ2) is 10.3. The van der Waals surface area contributed by atoms with Crippen molar-refractivity contribution in [1.29, 1.82) is 0 Å². The first-order valence-corrected chi connectivity index (χ1v) is 8.78. The number of unbranched alkanes of at least 4 members (excludes halogenated alkanes) is 5. The summed E-state index contributed by atoms with van der Waals surface area (Å²) in [6, 6.07) is 18.8. The highest BCUT2D eigenvalue weighted by atomic mass is 35.5. The molecule has 0 saturated heterocycles. The van der Waals surface area contributed by atoms with E-state index in [-0.39, 0.29) is 0 Å². The van der Waals surface area contributed by atoms with E-state index in [9.17, 15) is 0 Å². The fourth-order valence-corrected chi connectivity index (χ4v) is 2.66. The van der Waals surface area contributed by atoms with Crippen LogP contribution in [0.25, 0.3) is 11.1 Å². The molecule has 0 N–H and O–H groups in total. The Hall–Kier alpha value is -1.47. The number of benzene rings is 2. The third-order valence-corrected chi connectivity index (χ3v) is 4.03. The Morgan fingerprint density at radius 3 is 1.91 bits per heavy atom. The molecule has 0 radical (unpaired) electrons. The topological polar surface area (TPSA) is 9.23 Å². The highest BCUT2D eigenvalue weighted by Gasteiger charge is 1.98. The lowest BCUT2D eigenvalue weighted by Gasteiger charge is -2.07. The van der Waals surface area contributed by atoms with Gasteiger partial charge < -0.3 is 4.74 Å². The van der Waals surface area contributed by atoms with E-state index < -0.39 is 0 Å². The van der Waals surface area contributed by atoms with Crippen LogP contribution >= 0.6 is 11.6 Å². The van der Waals surface area contributed by atoms with Gasteiger partial charge in [0.15, 0.2) is 0 Å². The number of hydrogen-bond donors (Lipinski definition) is 0. The first-order chi connectivity index (χ1) is 10.9. The van der Waals surface area contributed by atoms with Gasteiger partial charge in [0.05, 0.1) is 6.61 Å². The van der Waals surface area contributed by atoms with E-state index in [0.717, 1.165) is 31.1 Å². The van der Waals surface area contributed by atoms with Gasteiger partial charge in [0.1, 0.15) is 5.75 Å². The molecule has 0 aromatic heterocycles. The number of hydrogen-bond acceptors (Lipinski definition) is 1. The average Bonchev–Trinajstić information content (AvgIpc) is 2.59. The van der Waals surface area contributed by atoms with E-state index in [1.54, 1.807) is 0 Å². The van der Waals surface area contributed by atoms with Gasteiger partial charge in [0.25, 0.3) is 0 Å². The Balaban J connectivity index is 1.65. The molecule has 118 valence electrons. The molecule has 0 unspecified atom stereocenters. The molecule has 2 aromatic carbocycles. The Morgan fingerprint density at radius 1 is 0.636 bits per heavy atom. The van der Waals surface area contributed by atoms with Gasteiger partial charge in [-0.15, -0.1) is 11.6 Å². The number of alkyl halides is 1. The fourth-order valence-electron chi connectivity index (χ4n) is 2.47. The Morgan fingerprint density at radius 2 is 1.23 bits per heavy atom. The minimum atomic E-state index is 0.794. The van der Waals surface area contributed by atoms with E-state index in [2.05, 4.69) is 48.5 Å². The van der Waals surface area contributed by atoms with Crippen molar-refractivity contribution in [3.63, 3.8) is 0 Å². The summed E-state index contributed by atoms with van der Waals surface area (Å²) in [5.74, 6) is 1.75. The Bertz CT molecular complexity index is 507. The lowest BCUT2D eigenvalue weighted by atomic mass is 10.1. The highest BCUT2D eigenvalue weighted by Crippen LogP contribution is 2.22. The maximum absolute atomic E-state index is 5.80. The normalized spacial score (nSPS) is 10.6. The molecule has 2 heteroatoms. The predicted octanol–water partition coefficient (Wildman–Crippen LogP) is 6.31. The monoisotopic (exact) mass is 316 g/mol. The van der Waals surface area contributed by atoms with Crippen LogP contribution in [0.5, 0.6) is 5.75 Å². The zero-order chi connectivity index (χ0) is 15.5. The molecule has 0 spiro atoms. The molecule has 0 aliphatic heterocycles. The van der Waals surface area contributed by atoms with Crippen molar-refractivity contribution in [2.24, 2.45) is 0 Å². The van der Waals surface area contributed by atoms with Gasteiger partial charge in [-0.25, -0.2) is 0 Å². The number of halogens is 1. The SMILES string of the molecule is ClCCCCCCCCOc1ccc(-c2ccccc2)cc1. The van der Waals surface area contributed by atoms with E-state index >= 15 is 0 Å². The van der Waals surface area contributed by atoms with Gasteiger partial charge in [-0.1, -0.05) is 68.1 Å². The third-order valence-electron chi connectivity index (χ3n) is 3.76. The Labute approximate surface area is 139 Å². The van der Waals surface area contributed by atoms with Crippen LogP contribution in [-0.4, -0.2) is 12.5 Å². The van der Waals surface area contributed by atoms with Gasteiger partial charge in [0.2, 0.25) is 0 Å². The van der Waals surface area contributed by atoms with Crippen LogP contribution < -0.4 is 4.74 Å². The van der Waals surface area contributed by atoms with Crippen molar-refractivity contribution in [3.8, 4) is 16.9 Å². The van der Waals surface area contributed by atoms with E-state index in [4.69, 9.17) is 16.3 Å². The minimum Gasteiger partial charge on any atom is -0.494 e. The summed E-state index contributed by atoms with van der Waals surface area (Å²) in [5, 5.41) is 0. The van der Waals surface area contributed by atoms with Crippen LogP contribution in [0.1, 0.15) is 38.5 Å². The van der Waals surface area contributed by atoms with E-state index in [1.165, 1.54) is 36.8 Å². The second-order valence-corrected chi connectivity index (χ2v) is 5.93. The molecule has 0 saturated carbocycles. The third kappa shape index (κ3) is 6.11. The molecule has 0 heterocycles. The molecular weight excluding hydrogens is 292 g/mol. The summed E-state index contributed by atoms with van der Waals surface area (Å²) in [6.45, 7) is 0.806. The molecule has 0 amide bonds. The van der Waals surface area contributed by atoms with Crippen molar-refractivity contribution >= 4 is 11.6 Å². The summed E-state index contributed by atoms with van der Waals surface area (Å²) in [5.41, 5.74) is 2.47. The zero-order valence-corrected chi connectivity index (χ0v) is 13.9. The first kappa shape index (κ1) is 16.9. The van der Waals surface area contributed by atoms with Gasteiger partial charge in [-0.2, -0.15) is 0 Å². The standard InChI is InChI=1S/C20H25ClO/c21-16-8-3-1-2-4-9-17-22-20-14-12-19(13-15-20)18-10-6-5-7-11-18/h5-7,10-15H,1-4,8-9,16-17H2. The van der Waals surface area contributed by atoms with Crippen molar-refractivity contribution in [2.75, 3.05) is 12.5 Å². The average molecular weight is 317 g/mol. The lowest BCUT2D eigenvalue weighted by molar-refractivity contribution is 0.304. The highest BCUT2D eigenvalue weighted by molar-refractivity contribution is 6.17. The molecular formula is C20H25ClO. The smallest absolute Gasteiger partial charge is 0.119 e. The molecule has 22 heavy (non-hydrogen) atoms. The van der Waals surface area contributed by atoms with Crippen LogP contribution in [0, 0.1) is 0 Å². The van der Waals surface area contributed by atoms with Crippen LogP contribution in [0.15, 0.2) is 54.6 Å². The molecule has 0 atom stereocenters. The molecule has 2 aromatic rings. The van der Waals surface area contributed by atoms with Crippen molar-refractivity contribution in [2.45, 2.75) is 38.5 Å². The molecule has 0 bridgehead atoms. The summed E-state index contributed by atoms with van der Waals surface area (Å²) >= 11 is 5.66. The van der Waals surface area contributed by atoms with Crippen LogP contribution in [0.2, 0.25) is 0 Å². The number of ether oxygens (including phenoxy) is 1. The van der Waals surface area contributed by atoms with Crippen LogP contribution in [0.3, 0.4) is 0 Å². The summed E-state index contributed by atoms with van der Waals surface area (Å²) < 4.78 is 5.80. The summed E-state index contributed by atoms with van der Waals surface area (Å²) in [6.07, 6.45) is 7.34. The zero-order valence-electron chi connectivity index (χ0n) is 13.1. The van der Waals surface area contributed by atoms with E-state index in [1.807, 2.05) is 6.07 Å². The van der Waals surface area contributed by atoms with Gasteiger partial charge >= 0.3 is 0 Å². The Kier molecular flexibility index (Phi) is 7.90. The van der Waals surface area contributed by atoms with Crippen molar-refractivity contribution in [1.82, 2.24) is 0 Å². The van der Waals surface area contributed by atoms with Crippen LogP contribution in [-0.2, 0) is 0 Å². The molecule has 0 fully saturated rings. The summed E-state index contributed by atoms with van der Waals surface area (Å²) in [7, 11) is 0. The first-order valence-electron chi connectivity index (χ1n) is 8.24. The minimum absolute atomic E-state index is 0.794. The second-order valence-electron chi connectivity index (χ2n) is 5.55. The van der Waals surface area contributed by atoms with E-state index in [0.29, 0.717) is 0 Å². The maximum atomic E-state index is 5.80. The van der Waals surface area contributed by atoms with Gasteiger partial charge in [0, 0.05) is 5.88 Å². The van der Waals surface area contributed by atoms with Gasteiger partial charge in [-0.3, -0.25) is 0 Å².